The molecule has 1 aromatic carbocycles. The lowest BCUT2D eigenvalue weighted by molar-refractivity contribution is 0.457. The molecule has 0 amide bonds. The van der Waals surface area contributed by atoms with Crippen molar-refractivity contribution in [1.82, 2.24) is 5.32 Å². The van der Waals surface area contributed by atoms with E-state index in [2.05, 4.69) is 21.2 Å². The molecule has 2 aromatic rings. The van der Waals surface area contributed by atoms with Crippen LogP contribution in [0.1, 0.15) is 18.2 Å². The summed E-state index contributed by atoms with van der Waals surface area (Å²) in [6, 6.07) is 7.42. The number of hydrogen-bond acceptors (Lipinski definition) is 4. The van der Waals surface area contributed by atoms with E-state index < -0.39 is 9.84 Å². The molecule has 6 heteroatoms. The van der Waals surface area contributed by atoms with Crippen LogP contribution in [-0.4, -0.2) is 26.5 Å². The Hall–Kier alpha value is -0.850. The van der Waals surface area contributed by atoms with Gasteiger partial charge in [-0.05, 0) is 37.2 Å². The number of rotatable bonds is 1. The molecule has 1 unspecified atom stereocenters. The normalized spacial score (nSPS) is 23.3. The Kier molecular flexibility index (Phi) is 3.41. The molecule has 2 heterocycles. The molecule has 1 atom stereocenters. The summed E-state index contributed by atoms with van der Waals surface area (Å²) < 4.78 is 30.4. The Labute approximate surface area is 120 Å². The molecule has 1 fully saturated rings. The minimum absolute atomic E-state index is 0.105. The van der Waals surface area contributed by atoms with Crippen LogP contribution in [0.2, 0.25) is 0 Å². The summed E-state index contributed by atoms with van der Waals surface area (Å²) in [6.07, 6.45) is 0.657. The summed E-state index contributed by atoms with van der Waals surface area (Å²) in [5.74, 6) is 1.05. The van der Waals surface area contributed by atoms with Crippen molar-refractivity contribution in [2.24, 2.45) is 0 Å². The first-order valence-corrected chi connectivity index (χ1v) is 8.78. The molecule has 4 nitrogen and oxygen atoms in total. The van der Waals surface area contributed by atoms with E-state index in [0.717, 1.165) is 15.4 Å². The van der Waals surface area contributed by atoms with E-state index in [-0.39, 0.29) is 17.5 Å². The number of sulfone groups is 1. The Morgan fingerprint density at radius 1 is 1.32 bits per heavy atom. The second kappa shape index (κ2) is 4.92. The SMILES string of the molecule is O=S1(=O)CCCNC(c2cc3cc(Br)ccc3o2)C1. The van der Waals surface area contributed by atoms with Crippen LogP contribution < -0.4 is 5.32 Å². The fourth-order valence-corrected chi connectivity index (χ4v) is 4.27. The third-order valence-corrected chi connectivity index (χ3v) is 5.53. The van der Waals surface area contributed by atoms with E-state index in [1.54, 1.807) is 0 Å². The molecule has 0 radical (unpaired) electrons. The second-order valence-corrected chi connectivity index (χ2v) is 7.95. The van der Waals surface area contributed by atoms with Gasteiger partial charge in [-0.25, -0.2) is 8.42 Å². The van der Waals surface area contributed by atoms with Crippen molar-refractivity contribution in [2.75, 3.05) is 18.1 Å². The highest BCUT2D eigenvalue weighted by Crippen LogP contribution is 2.28. The molecule has 1 N–H and O–H groups in total. The minimum Gasteiger partial charge on any atom is -0.459 e. The predicted molar refractivity (Wildman–Crippen MR) is 77.9 cm³/mol. The third kappa shape index (κ3) is 2.85. The van der Waals surface area contributed by atoms with Crippen LogP contribution in [0.3, 0.4) is 0 Å². The van der Waals surface area contributed by atoms with Crippen molar-refractivity contribution in [2.45, 2.75) is 12.5 Å². The Balaban J connectivity index is 1.98. The highest BCUT2D eigenvalue weighted by Gasteiger charge is 2.26. The summed E-state index contributed by atoms with van der Waals surface area (Å²) in [5, 5.41) is 4.22. The van der Waals surface area contributed by atoms with E-state index >= 15 is 0 Å². The molecular weight excluding hydrogens is 330 g/mol. The standard InChI is InChI=1S/C13H14BrNO3S/c14-10-2-3-12-9(6-10)7-13(18-12)11-8-19(16,17)5-1-4-15-11/h2-3,6-7,11,15H,1,4-5,8H2. The first kappa shape index (κ1) is 13.1. The Morgan fingerprint density at radius 3 is 3.00 bits per heavy atom. The molecule has 1 aromatic heterocycles. The fourth-order valence-electron chi connectivity index (χ4n) is 2.35. The van der Waals surface area contributed by atoms with Crippen molar-refractivity contribution in [3.05, 3.63) is 34.5 Å². The lowest BCUT2D eigenvalue weighted by Gasteiger charge is -2.11. The fraction of sp³-hybridized carbons (Fsp3) is 0.385. The maximum absolute atomic E-state index is 11.8. The van der Waals surface area contributed by atoms with Crippen LogP contribution in [0.4, 0.5) is 0 Å². The van der Waals surface area contributed by atoms with Crippen molar-refractivity contribution in [1.29, 1.82) is 0 Å². The van der Waals surface area contributed by atoms with Gasteiger partial charge in [-0.2, -0.15) is 0 Å². The number of hydrogen-bond donors (Lipinski definition) is 1. The zero-order chi connectivity index (χ0) is 13.5. The van der Waals surface area contributed by atoms with Crippen molar-refractivity contribution in [3.8, 4) is 0 Å². The Morgan fingerprint density at radius 2 is 2.16 bits per heavy atom. The first-order chi connectivity index (χ1) is 9.03. The summed E-state index contributed by atoms with van der Waals surface area (Å²) >= 11 is 3.42. The topological polar surface area (TPSA) is 59.3 Å². The van der Waals surface area contributed by atoms with E-state index in [4.69, 9.17) is 4.42 Å². The maximum Gasteiger partial charge on any atom is 0.152 e. The molecule has 0 aliphatic carbocycles. The van der Waals surface area contributed by atoms with Gasteiger partial charge in [0.15, 0.2) is 9.84 Å². The van der Waals surface area contributed by atoms with Crippen LogP contribution in [0.25, 0.3) is 11.0 Å². The summed E-state index contributed by atoms with van der Waals surface area (Å²) in [4.78, 5) is 0. The molecule has 0 spiro atoms. The third-order valence-electron chi connectivity index (χ3n) is 3.28. The molecule has 0 saturated carbocycles. The molecule has 1 saturated heterocycles. The second-order valence-electron chi connectivity index (χ2n) is 4.81. The van der Waals surface area contributed by atoms with Crippen molar-refractivity contribution >= 4 is 36.7 Å². The van der Waals surface area contributed by atoms with Crippen LogP contribution in [0.15, 0.2) is 33.2 Å². The molecule has 102 valence electrons. The van der Waals surface area contributed by atoms with Crippen molar-refractivity contribution < 1.29 is 12.8 Å². The zero-order valence-electron chi connectivity index (χ0n) is 10.2. The van der Waals surface area contributed by atoms with Gasteiger partial charge >= 0.3 is 0 Å². The largest absolute Gasteiger partial charge is 0.459 e. The predicted octanol–water partition coefficient (Wildman–Crippen LogP) is 2.64. The zero-order valence-corrected chi connectivity index (χ0v) is 12.6. The van der Waals surface area contributed by atoms with E-state index in [0.29, 0.717) is 18.7 Å². The molecule has 3 rings (SSSR count). The highest BCUT2D eigenvalue weighted by molar-refractivity contribution is 9.10. The number of fused-ring (bicyclic) bond motifs is 1. The lowest BCUT2D eigenvalue weighted by Crippen LogP contribution is -2.24. The number of halogens is 1. The van der Waals surface area contributed by atoms with Gasteiger partial charge in [0.1, 0.15) is 11.3 Å². The van der Waals surface area contributed by atoms with E-state index in [9.17, 15) is 8.42 Å². The van der Waals surface area contributed by atoms with Crippen molar-refractivity contribution in [3.63, 3.8) is 0 Å². The summed E-state index contributed by atoms with van der Waals surface area (Å²) in [6.45, 7) is 0.699. The number of nitrogens with one attached hydrogen (secondary N) is 1. The smallest absolute Gasteiger partial charge is 0.152 e. The van der Waals surface area contributed by atoms with E-state index in [1.807, 2.05) is 24.3 Å². The minimum atomic E-state index is -2.99. The molecule has 1 aliphatic rings. The van der Waals surface area contributed by atoms with E-state index in [1.165, 1.54) is 0 Å². The Bertz CT molecular complexity index is 708. The summed E-state index contributed by atoms with van der Waals surface area (Å²) in [7, 11) is -2.99. The highest BCUT2D eigenvalue weighted by atomic mass is 79.9. The number of furan rings is 1. The molecule has 0 bridgehead atoms. The summed E-state index contributed by atoms with van der Waals surface area (Å²) in [5.41, 5.74) is 0.779. The van der Waals surface area contributed by atoms with Crippen LogP contribution in [0.5, 0.6) is 0 Å². The molecule has 19 heavy (non-hydrogen) atoms. The monoisotopic (exact) mass is 343 g/mol. The average molecular weight is 344 g/mol. The van der Waals surface area contributed by atoms with Gasteiger partial charge in [-0.1, -0.05) is 15.9 Å². The van der Waals surface area contributed by atoms with Crippen LogP contribution >= 0.6 is 15.9 Å². The van der Waals surface area contributed by atoms with Gasteiger partial charge in [0, 0.05) is 9.86 Å². The molecular formula is C13H14BrNO3S. The van der Waals surface area contributed by atoms with Crippen LogP contribution in [-0.2, 0) is 9.84 Å². The van der Waals surface area contributed by atoms with Crippen LogP contribution in [0, 0.1) is 0 Å². The lowest BCUT2D eigenvalue weighted by atomic mass is 10.2. The van der Waals surface area contributed by atoms with Gasteiger partial charge in [-0.3, -0.25) is 0 Å². The van der Waals surface area contributed by atoms with Gasteiger partial charge in [0.2, 0.25) is 0 Å². The van der Waals surface area contributed by atoms with Gasteiger partial charge in [0.05, 0.1) is 17.5 Å². The molecule has 1 aliphatic heterocycles. The van der Waals surface area contributed by atoms with Gasteiger partial charge < -0.3 is 9.73 Å². The number of benzene rings is 1. The van der Waals surface area contributed by atoms with Gasteiger partial charge in [0.25, 0.3) is 0 Å². The quantitative estimate of drug-likeness (QED) is 0.864. The maximum atomic E-state index is 11.8. The van der Waals surface area contributed by atoms with Gasteiger partial charge in [-0.15, -0.1) is 0 Å². The average Bonchev–Trinajstić information content (AvgIpc) is 2.66. The first-order valence-electron chi connectivity index (χ1n) is 6.16.